The average Bonchev–Trinajstić information content (AvgIpc) is 2.55. The molecule has 24 heavy (non-hydrogen) atoms. The first kappa shape index (κ1) is 18.5. The van der Waals surface area contributed by atoms with Crippen LogP contribution in [0.3, 0.4) is 0 Å². The molecule has 5 nitrogen and oxygen atoms in total. The molecule has 1 fully saturated rings. The van der Waals surface area contributed by atoms with E-state index in [1.54, 1.807) is 24.3 Å². The molecule has 2 rings (SSSR count). The van der Waals surface area contributed by atoms with Crippen molar-refractivity contribution < 1.29 is 32.5 Å². The molecule has 0 radical (unpaired) electrons. The van der Waals surface area contributed by atoms with Gasteiger partial charge in [0, 0.05) is 13.0 Å². The zero-order chi connectivity index (χ0) is 17.6. The van der Waals surface area contributed by atoms with E-state index >= 15 is 0 Å². The molecule has 8 heteroatoms. The average molecular weight is 347 g/mol. The van der Waals surface area contributed by atoms with Gasteiger partial charge in [0.25, 0.3) is 0 Å². The minimum Gasteiger partial charge on any atom is -0.486 e. The minimum atomic E-state index is -4.35. The number of benzene rings is 1. The van der Waals surface area contributed by atoms with E-state index < -0.39 is 37.1 Å². The van der Waals surface area contributed by atoms with Gasteiger partial charge in [-0.25, -0.2) is 0 Å². The summed E-state index contributed by atoms with van der Waals surface area (Å²) in [5.74, 6) is -0.110. The van der Waals surface area contributed by atoms with Gasteiger partial charge >= 0.3 is 6.18 Å². The summed E-state index contributed by atoms with van der Waals surface area (Å²) in [6, 6.07) is 6.37. The van der Waals surface area contributed by atoms with Gasteiger partial charge in [-0.1, -0.05) is 12.1 Å². The third kappa shape index (κ3) is 6.01. The van der Waals surface area contributed by atoms with Crippen molar-refractivity contribution in [3.8, 4) is 5.75 Å². The van der Waals surface area contributed by atoms with Gasteiger partial charge in [0.05, 0.1) is 25.7 Å². The van der Waals surface area contributed by atoms with Crippen molar-refractivity contribution in [1.82, 2.24) is 5.32 Å². The number of carbonyl (C=O) groups is 1. The predicted molar refractivity (Wildman–Crippen MR) is 79.4 cm³/mol. The quantitative estimate of drug-likeness (QED) is 0.828. The van der Waals surface area contributed by atoms with Crippen molar-refractivity contribution in [3.05, 3.63) is 29.8 Å². The summed E-state index contributed by atoms with van der Waals surface area (Å²) in [6.07, 6.45) is -6.10. The number of aliphatic hydroxyl groups is 1. The van der Waals surface area contributed by atoms with Gasteiger partial charge < -0.3 is 19.9 Å². The Labute approximate surface area is 137 Å². The largest absolute Gasteiger partial charge is 0.486 e. The Bertz CT molecular complexity index is 533. The SMILES string of the molecule is O=C(CCC(F)(F)F)N[C@@H]1CCOC[C@H]1Oc1ccc(CO)cc1. The second kappa shape index (κ2) is 8.34. The lowest BCUT2D eigenvalue weighted by Gasteiger charge is -2.32. The molecule has 0 bridgehead atoms. The lowest BCUT2D eigenvalue weighted by Crippen LogP contribution is -2.51. The van der Waals surface area contributed by atoms with Crippen LogP contribution in [0.5, 0.6) is 5.75 Å². The number of hydrogen-bond acceptors (Lipinski definition) is 4. The van der Waals surface area contributed by atoms with Gasteiger partial charge in [-0.15, -0.1) is 0 Å². The van der Waals surface area contributed by atoms with Crippen LogP contribution >= 0.6 is 0 Å². The van der Waals surface area contributed by atoms with E-state index in [1.807, 2.05) is 0 Å². The van der Waals surface area contributed by atoms with Crippen molar-refractivity contribution in [2.45, 2.75) is 44.2 Å². The van der Waals surface area contributed by atoms with Gasteiger partial charge in [0.1, 0.15) is 11.9 Å². The number of carbonyl (C=O) groups excluding carboxylic acids is 1. The Morgan fingerprint density at radius 1 is 1.33 bits per heavy atom. The molecule has 1 heterocycles. The fraction of sp³-hybridized carbons (Fsp3) is 0.562. The summed E-state index contributed by atoms with van der Waals surface area (Å²) in [5.41, 5.74) is 0.735. The molecule has 1 amide bonds. The van der Waals surface area contributed by atoms with Gasteiger partial charge in [-0.05, 0) is 24.1 Å². The van der Waals surface area contributed by atoms with Crippen LogP contribution in [0.15, 0.2) is 24.3 Å². The molecule has 1 aliphatic rings. The fourth-order valence-electron chi connectivity index (χ4n) is 2.38. The molecular formula is C16H20F3NO4. The fourth-order valence-corrected chi connectivity index (χ4v) is 2.38. The molecule has 1 aromatic carbocycles. The van der Waals surface area contributed by atoms with E-state index in [2.05, 4.69) is 5.32 Å². The number of rotatable bonds is 6. The number of aliphatic hydroxyl groups excluding tert-OH is 1. The van der Waals surface area contributed by atoms with E-state index in [0.717, 1.165) is 5.56 Å². The summed E-state index contributed by atoms with van der Waals surface area (Å²) in [4.78, 5) is 11.7. The standard InChI is InChI=1S/C16H20F3NO4/c17-16(18,19)7-5-15(22)20-13-6-8-23-10-14(13)24-12-3-1-11(9-21)2-4-12/h1-4,13-14,21H,5-10H2,(H,20,22)/t13-,14-/m1/s1. The number of halogens is 3. The van der Waals surface area contributed by atoms with E-state index in [1.165, 1.54) is 0 Å². The van der Waals surface area contributed by atoms with Crippen molar-refractivity contribution >= 4 is 5.91 Å². The van der Waals surface area contributed by atoms with Gasteiger partial charge in [-0.2, -0.15) is 13.2 Å². The lowest BCUT2D eigenvalue weighted by atomic mass is 10.1. The Kier molecular flexibility index (Phi) is 6.44. The number of nitrogens with one attached hydrogen (secondary N) is 1. The van der Waals surface area contributed by atoms with E-state index in [4.69, 9.17) is 14.6 Å². The molecule has 134 valence electrons. The van der Waals surface area contributed by atoms with Crippen LogP contribution in [-0.2, 0) is 16.1 Å². The highest BCUT2D eigenvalue weighted by atomic mass is 19.4. The first-order chi connectivity index (χ1) is 11.4. The van der Waals surface area contributed by atoms with Crippen LogP contribution in [0.2, 0.25) is 0 Å². The maximum atomic E-state index is 12.2. The molecule has 0 spiro atoms. The van der Waals surface area contributed by atoms with E-state index in [9.17, 15) is 18.0 Å². The Hall–Kier alpha value is -1.80. The maximum absolute atomic E-state index is 12.2. The molecular weight excluding hydrogens is 327 g/mol. The second-order valence-electron chi connectivity index (χ2n) is 5.61. The zero-order valence-electron chi connectivity index (χ0n) is 13.0. The number of ether oxygens (including phenoxy) is 2. The van der Waals surface area contributed by atoms with Gasteiger partial charge in [0.15, 0.2) is 0 Å². The summed E-state index contributed by atoms with van der Waals surface area (Å²) in [7, 11) is 0. The summed E-state index contributed by atoms with van der Waals surface area (Å²) in [6.45, 7) is 0.574. The number of hydrogen-bond donors (Lipinski definition) is 2. The molecule has 1 saturated heterocycles. The Balaban J connectivity index is 1.90. The first-order valence-electron chi connectivity index (χ1n) is 7.68. The van der Waals surface area contributed by atoms with Crippen LogP contribution in [-0.4, -0.2) is 42.5 Å². The minimum absolute atomic E-state index is 0.0787. The van der Waals surface area contributed by atoms with Gasteiger partial charge in [0.2, 0.25) is 5.91 Å². The molecule has 0 saturated carbocycles. The number of amides is 1. The highest BCUT2D eigenvalue weighted by molar-refractivity contribution is 5.76. The summed E-state index contributed by atoms with van der Waals surface area (Å²) < 4.78 is 47.6. The Morgan fingerprint density at radius 3 is 2.67 bits per heavy atom. The monoisotopic (exact) mass is 347 g/mol. The van der Waals surface area contributed by atoms with Gasteiger partial charge in [-0.3, -0.25) is 4.79 Å². The molecule has 0 aromatic heterocycles. The molecule has 1 aromatic rings. The van der Waals surface area contributed by atoms with Crippen LogP contribution < -0.4 is 10.1 Å². The predicted octanol–water partition coefficient (Wildman–Crippen LogP) is 2.17. The van der Waals surface area contributed by atoms with Crippen molar-refractivity contribution in [2.24, 2.45) is 0 Å². The van der Waals surface area contributed by atoms with E-state index in [0.29, 0.717) is 18.8 Å². The molecule has 2 atom stereocenters. The van der Waals surface area contributed by atoms with Crippen LogP contribution in [0, 0.1) is 0 Å². The normalized spacial score (nSPS) is 21.3. The number of alkyl halides is 3. The highest BCUT2D eigenvalue weighted by Gasteiger charge is 2.31. The zero-order valence-corrected chi connectivity index (χ0v) is 13.0. The van der Waals surface area contributed by atoms with Crippen molar-refractivity contribution in [2.75, 3.05) is 13.2 Å². The molecule has 1 aliphatic heterocycles. The molecule has 0 unspecified atom stereocenters. The maximum Gasteiger partial charge on any atom is 0.389 e. The van der Waals surface area contributed by atoms with Crippen LogP contribution in [0.4, 0.5) is 13.2 Å². The van der Waals surface area contributed by atoms with Crippen molar-refractivity contribution in [3.63, 3.8) is 0 Å². The molecule has 0 aliphatic carbocycles. The third-order valence-electron chi connectivity index (χ3n) is 3.68. The molecule has 2 N–H and O–H groups in total. The smallest absolute Gasteiger partial charge is 0.389 e. The topological polar surface area (TPSA) is 67.8 Å². The Morgan fingerprint density at radius 2 is 2.04 bits per heavy atom. The lowest BCUT2D eigenvalue weighted by molar-refractivity contribution is -0.145. The second-order valence-corrected chi connectivity index (χ2v) is 5.61. The third-order valence-corrected chi connectivity index (χ3v) is 3.68. The van der Waals surface area contributed by atoms with Crippen LogP contribution in [0.1, 0.15) is 24.8 Å². The highest BCUT2D eigenvalue weighted by Crippen LogP contribution is 2.22. The summed E-state index contributed by atoms with van der Waals surface area (Å²) >= 11 is 0. The van der Waals surface area contributed by atoms with Crippen molar-refractivity contribution in [1.29, 1.82) is 0 Å². The summed E-state index contributed by atoms with van der Waals surface area (Å²) in [5, 5.41) is 11.6. The first-order valence-corrected chi connectivity index (χ1v) is 7.68. The van der Waals surface area contributed by atoms with Crippen LogP contribution in [0.25, 0.3) is 0 Å². The van der Waals surface area contributed by atoms with E-state index in [-0.39, 0.29) is 13.2 Å².